The van der Waals surface area contributed by atoms with Crippen LogP contribution in [0.25, 0.3) is 11.1 Å². The van der Waals surface area contributed by atoms with E-state index in [4.69, 9.17) is 16.0 Å². The predicted octanol–water partition coefficient (Wildman–Crippen LogP) is 3.03. The molecule has 1 aromatic heterocycles. The summed E-state index contributed by atoms with van der Waals surface area (Å²) in [4.78, 5) is 25.7. The summed E-state index contributed by atoms with van der Waals surface area (Å²) in [5.41, 5.74) is 1.88. The van der Waals surface area contributed by atoms with Crippen molar-refractivity contribution in [2.24, 2.45) is 0 Å². The molecule has 0 bridgehead atoms. The molecule has 100 valence electrons. The third-order valence-corrected chi connectivity index (χ3v) is 3.00. The average Bonchev–Trinajstić information content (AvgIpc) is 2.77. The Morgan fingerprint density at radius 1 is 1.20 bits per heavy atom. The van der Waals surface area contributed by atoms with Gasteiger partial charge in [-0.3, -0.25) is 9.78 Å². The predicted molar refractivity (Wildman–Crippen MR) is 76.2 cm³/mol. The van der Waals surface area contributed by atoms with Crippen LogP contribution in [0.3, 0.4) is 0 Å². The number of H-pyrrole nitrogens is 1. The molecule has 0 aliphatic rings. The first-order valence-electron chi connectivity index (χ1n) is 5.81. The molecule has 0 aliphatic carbocycles. The van der Waals surface area contributed by atoms with Crippen LogP contribution < -0.4 is 11.1 Å². The highest BCUT2D eigenvalue weighted by Gasteiger charge is 2.09. The first kappa shape index (κ1) is 12.5. The number of fused-ring (bicyclic) bond motifs is 1. The smallest absolute Gasteiger partial charge is 0.408 e. The van der Waals surface area contributed by atoms with Crippen molar-refractivity contribution in [1.82, 2.24) is 4.98 Å². The standard InChI is InChI=1S/C14H9ClN2O3/c15-9-2-1-3-10(7-9)16-13(18)8-4-5-11-12(6-8)20-14(19)17-11/h1-7H,(H,16,18)(H,17,19). The average molecular weight is 289 g/mol. The number of carbonyl (C=O) groups is 1. The molecule has 0 spiro atoms. The van der Waals surface area contributed by atoms with Gasteiger partial charge in [0.15, 0.2) is 5.58 Å². The van der Waals surface area contributed by atoms with Gasteiger partial charge < -0.3 is 9.73 Å². The molecule has 6 heteroatoms. The number of oxazole rings is 1. The van der Waals surface area contributed by atoms with Crippen molar-refractivity contribution >= 4 is 34.3 Å². The molecular weight excluding hydrogens is 280 g/mol. The van der Waals surface area contributed by atoms with Gasteiger partial charge in [0.05, 0.1) is 5.52 Å². The van der Waals surface area contributed by atoms with Crippen LogP contribution in [-0.4, -0.2) is 10.9 Å². The van der Waals surface area contributed by atoms with Crippen molar-refractivity contribution in [3.63, 3.8) is 0 Å². The Morgan fingerprint density at radius 3 is 2.85 bits per heavy atom. The van der Waals surface area contributed by atoms with E-state index in [1.165, 1.54) is 6.07 Å². The van der Waals surface area contributed by atoms with E-state index in [1.54, 1.807) is 36.4 Å². The van der Waals surface area contributed by atoms with Gasteiger partial charge >= 0.3 is 5.76 Å². The van der Waals surface area contributed by atoms with E-state index in [0.717, 1.165) is 0 Å². The molecule has 0 saturated carbocycles. The van der Waals surface area contributed by atoms with Crippen LogP contribution in [0.2, 0.25) is 5.02 Å². The lowest BCUT2D eigenvalue weighted by atomic mass is 10.2. The zero-order valence-corrected chi connectivity index (χ0v) is 10.9. The lowest BCUT2D eigenvalue weighted by Gasteiger charge is -2.05. The van der Waals surface area contributed by atoms with Gasteiger partial charge in [-0.1, -0.05) is 17.7 Å². The van der Waals surface area contributed by atoms with Gasteiger partial charge in [0.1, 0.15) is 0 Å². The van der Waals surface area contributed by atoms with Gasteiger partial charge in [0, 0.05) is 16.3 Å². The first-order chi connectivity index (χ1) is 9.61. The van der Waals surface area contributed by atoms with Crippen molar-refractivity contribution in [2.75, 3.05) is 5.32 Å². The molecule has 0 saturated heterocycles. The maximum Gasteiger partial charge on any atom is 0.417 e. The molecule has 0 fully saturated rings. The van der Waals surface area contributed by atoms with Crippen LogP contribution in [0, 0.1) is 0 Å². The Labute approximate surface area is 118 Å². The quantitative estimate of drug-likeness (QED) is 0.761. The molecule has 1 amide bonds. The van der Waals surface area contributed by atoms with Gasteiger partial charge in [0.2, 0.25) is 0 Å². The second-order valence-electron chi connectivity index (χ2n) is 4.19. The number of benzene rings is 2. The molecular formula is C14H9ClN2O3. The maximum absolute atomic E-state index is 12.1. The van der Waals surface area contributed by atoms with Crippen LogP contribution in [0.4, 0.5) is 5.69 Å². The molecule has 2 N–H and O–H groups in total. The summed E-state index contributed by atoms with van der Waals surface area (Å²) >= 11 is 5.85. The Morgan fingerprint density at radius 2 is 2.05 bits per heavy atom. The van der Waals surface area contributed by atoms with Gasteiger partial charge in [-0.2, -0.15) is 0 Å². The molecule has 5 nitrogen and oxygen atoms in total. The molecule has 2 aromatic carbocycles. The normalized spacial score (nSPS) is 10.7. The summed E-state index contributed by atoms with van der Waals surface area (Å²) < 4.78 is 4.92. The van der Waals surface area contributed by atoms with E-state index in [-0.39, 0.29) is 5.91 Å². The van der Waals surface area contributed by atoms with Gasteiger partial charge in [0.25, 0.3) is 5.91 Å². The molecule has 3 aromatic rings. The SMILES string of the molecule is O=C(Nc1cccc(Cl)c1)c1ccc2[nH]c(=O)oc2c1. The molecule has 0 unspecified atom stereocenters. The van der Waals surface area contributed by atoms with Crippen molar-refractivity contribution in [3.8, 4) is 0 Å². The van der Waals surface area contributed by atoms with Gasteiger partial charge in [-0.05, 0) is 36.4 Å². The van der Waals surface area contributed by atoms with Crippen molar-refractivity contribution in [1.29, 1.82) is 0 Å². The van der Waals surface area contributed by atoms with E-state index >= 15 is 0 Å². The lowest BCUT2D eigenvalue weighted by Crippen LogP contribution is -2.11. The number of aromatic nitrogens is 1. The van der Waals surface area contributed by atoms with E-state index in [2.05, 4.69) is 10.3 Å². The topological polar surface area (TPSA) is 75.1 Å². The number of nitrogens with one attached hydrogen (secondary N) is 2. The second kappa shape index (κ2) is 4.86. The highest BCUT2D eigenvalue weighted by atomic mass is 35.5. The lowest BCUT2D eigenvalue weighted by molar-refractivity contribution is 0.102. The fraction of sp³-hybridized carbons (Fsp3) is 0. The number of halogens is 1. The van der Waals surface area contributed by atoms with E-state index in [1.807, 2.05) is 0 Å². The van der Waals surface area contributed by atoms with Crippen LogP contribution in [0.5, 0.6) is 0 Å². The fourth-order valence-corrected chi connectivity index (χ4v) is 2.05. The number of carbonyl (C=O) groups excluding carboxylic acids is 1. The summed E-state index contributed by atoms with van der Waals surface area (Å²) in [6, 6.07) is 11.6. The number of hydrogen-bond donors (Lipinski definition) is 2. The number of aromatic amines is 1. The first-order valence-corrected chi connectivity index (χ1v) is 6.19. The summed E-state index contributed by atoms with van der Waals surface area (Å²) in [7, 11) is 0. The van der Waals surface area contributed by atoms with Crippen molar-refractivity contribution in [3.05, 3.63) is 63.6 Å². The molecule has 20 heavy (non-hydrogen) atoms. The molecule has 0 atom stereocenters. The fourth-order valence-electron chi connectivity index (χ4n) is 1.86. The minimum Gasteiger partial charge on any atom is -0.408 e. The Bertz CT molecular complexity index is 851. The van der Waals surface area contributed by atoms with Crippen molar-refractivity contribution < 1.29 is 9.21 Å². The third-order valence-electron chi connectivity index (χ3n) is 2.77. The number of anilines is 1. The Kier molecular flexibility index (Phi) is 3.04. The Hall–Kier alpha value is -2.53. The van der Waals surface area contributed by atoms with E-state index < -0.39 is 5.76 Å². The number of hydrogen-bond acceptors (Lipinski definition) is 3. The molecule has 3 rings (SSSR count). The monoisotopic (exact) mass is 288 g/mol. The maximum atomic E-state index is 12.1. The zero-order chi connectivity index (χ0) is 14.1. The summed E-state index contributed by atoms with van der Waals surface area (Å²) in [5, 5.41) is 3.25. The molecule has 1 heterocycles. The number of amides is 1. The molecule has 0 aliphatic heterocycles. The van der Waals surface area contributed by atoms with Crippen LogP contribution in [0.15, 0.2) is 51.7 Å². The van der Waals surface area contributed by atoms with Crippen LogP contribution >= 0.6 is 11.6 Å². The van der Waals surface area contributed by atoms with Crippen molar-refractivity contribution in [2.45, 2.75) is 0 Å². The highest BCUT2D eigenvalue weighted by Crippen LogP contribution is 2.17. The Balaban J connectivity index is 1.90. The highest BCUT2D eigenvalue weighted by molar-refractivity contribution is 6.31. The zero-order valence-electron chi connectivity index (χ0n) is 10.1. The minimum atomic E-state index is -0.549. The third kappa shape index (κ3) is 2.44. The summed E-state index contributed by atoms with van der Waals surface area (Å²) in [6.45, 7) is 0. The minimum absolute atomic E-state index is 0.307. The number of rotatable bonds is 2. The van der Waals surface area contributed by atoms with E-state index in [9.17, 15) is 9.59 Å². The molecule has 0 radical (unpaired) electrons. The van der Waals surface area contributed by atoms with E-state index in [0.29, 0.717) is 27.4 Å². The summed E-state index contributed by atoms with van der Waals surface area (Å²) in [5.74, 6) is -0.856. The van der Waals surface area contributed by atoms with Gasteiger partial charge in [-0.25, -0.2) is 4.79 Å². The summed E-state index contributed by atoms with van der Waals surface area (Å²) in [6.07, 6.45) is 0. The van der Waals surface area contributed by atoms with Crippen LogP contribution in [-0.2, 0) is 0 Å². The van der Waals surface area contributed by atoms with Crippen LogP contribution in [0.1, 0.15) is 10.4 Å². The van der Waals surface area contributed by atoms with Gasteiger partial charge in [-0.15, -0.1) is 0 Å². The largest absolute Gasteiger partial charge is 0.417 e. The second-order valence-corrected chi connectivity index (χ2v) is 4.63.